The van der Waals surface area contributed by atoms with Crippen LogP contribution in [0.4, 0.5) is 11.5 Å². The van der Waals surface area contributed by atoms with Gasteiger partial charge in [-0.15, -0.1) is 0 Å². The molecule has 30 heavy (non-hydrogen) atoms. The Labute approximate surface area is 177 Å². The molecular weight excluding hydrogens is 378 g/mol. The van der Waals surface area contributed by atoms with E-state index in [9.17, 15) is 0 Å². The van der Waals surface area contributed by atoms with E-state index >= 15 is 0 Å². The zero-order chi connectivity index (χ0) is 21.3. The highest BCUT2D eigenvalue weighted by Crippen LogP contribution is 2.23. The second-order valence-electron chi connectivity index (χ2n) is 6.74. The van der Waals surface area contributed by atoms with E-state index in [1.165, 1.54) is 0 Å². The first-order chi connectivity index (χ1) is 14.7. The minimum absolute atomic E-state index is 0.576. The van der Waals surface area contributed by atoms with Crippen LogP contribution < -0.4 is 10.1 Å². The third-order valence-electron chi connectivity index (χ3n) is 4.71. The first kappa shape index (κ1) is 21.4. The molecular formula is C22H29N7O. The zero-order valence-electron chi connectivity index (χ0n) is 18.0. The molecule has 0 aliphatic heterocycles. The summed E-state index contributed by atoms with van der Waals surface area (Å²) in [5.41, 5.74) is 3.56. The number of aromatic nitrogens is 4. The summed E-state index contributed by atoms with van der Waals surface area (Å²) in [5, 5.41) is 3.33. The number of hydrogen-bond donors (Lipinski definition) is 1. The maximum Gasteiger partial charge on any atom is 0.215 e. The topological polar surface area (TPSA) is 79.9 Å². The highest BCUT2D eigenvalue weighted by atomic mass is 16.5. The van der Waals surface area contributed by atoms with Gasteiger partial charge < -0.3 is 15.0 Å². The quantitative estimate of drug-likeness (QED) is 0.516. The number of pyridine rings is 1. The summed E-state index contributed by atoms with van der Waals surface area (Å²) in [7, 11) is 2.06. The SMILES string of the molecule is C/C=C(\C=NCC)c1cnc2c(Nc3ccnc(OCCN(C)CC)c3)nccn12. The maximum atomic E-state index is 5.78. The van der Waals surface area contributed by atoms with Crippen molar-refractivity contribution in [1.29, 1.82) is 0 Å². The highest BCUT2D eigenvalue weighted by molar-refractivity contribution is 6.09. The Morgan fingerprint density at radius 3 is 2.90 bits per heavy atom. The van der Waals surface area contributed by atoms with Crippen LogP contribution in [0.15, 0.2) is 48.0 Å². The number of hydrogen-bond acceptors (Lipinski definition) is 7. The largest absolute Gasteiger partial charge is 0.476 e. The minimum atomic E-state index is 0.576. The molecule has 0 fully saturated rings. The van der Waals surface area contributed by atoms with E-state index in [1.54, 1.807) is 12.4 Å². The van der Waals surface area contributed by atoms with Gasteiger partial charge in [0.1, 0.15) is 6.61 Å². The van der Waals surface area contributed by atoms with Gasteiger partial charge in [0, 0.05) is 55.2 Å². The van der Waals surface area contributed by atoms with Crippen LogP contribution in [-0.4, -0.2) is 63.8 Å². The van der Waals surface area contributed by atoms with Gasteiger partial charge >= 0.3 is 0 Å². The van der Waals surface area contributed by atoms with E-state index in [-0.39, 0.29) is 0 Å². The first-order valence-electron chi connectivity index (χ1n) is 10.2. The summed E-state index contributed by atoms with van der Waals surface area (Å²) in [5.74, 6) is 1.24. The van der Waals surface area contributed by atoms with Crippen LogP contribution in [-0.2, 0) is 0 Å². The second-order valence-corrected chi connectivity index (χ2v) is 6.74. The van der Waals surface area contributed by atoms with Gasteiger partial charge in [-0.2, -0.15) is 0 Å². The Kier molecular flexibility index (Phi) is 7.51. The summed E-state index contributed by atoms with van der Waals surface area (Å²) in [6, 6.07) is 3.75. The molecule has 3 rings (SSSR count). The van der Waals surface area contributed by atoms with Crippen LogP contribution >= 0.6 is 0 Å². The van der Waals surface area contributed by atoms with Gasteiger partial charge in [0.05, 0.1) is 11.9 Å². The molecule has 1 N–H and O–H groups in total. The Balaban J connectivity index is 1.80. The number of imidazole rings is 1. The fraction of sp³-hybridized carbons (Fsp3) is 0.364. The second kappa shape index (κ2) is 10.5. The Morgan fingerprint density at radius 1 is 1.27 bits per heavy atom. The Morgan fingerprint density at radius 2 is 2.13 bits per heavy atom. The van der Waals surface area contributed by atoms with Crippen LogP contribution in [0, 0.1) is 0 Å². The summed E-state index contributed by atoms with van der Waals surface area (Å²) in [6.07, 6.45) is 11.1. The van der Waals surface area contributed by atoms with Gasteiger partial charge in [-0.3, -0.25) is 9.39 Å². The monoisotopic (exact) mass is 407 g/mol. The molecule has 0 amide bonds. The van der Waals surface area contributed by atoms with Gasteiger partial charge in [-0.1, -0.05) is 13.0 Å². The third kappa shape index (κ3) is 5.21. The van der Waals surface area contributed by atoms with Crippen LogP contribution in [0.1, 0.15) is 26.5 Å². The Hall–Kier alpha value is -3.26. The molecule has 0 spiro atoms. The molecule has 0 saturated carbocycles. The molecule has 3 heterocycles. The number of likely N-dealkylation sites (N-methyl/N-ethyl adjacent to an activating group) is 1. The van der Waals surface area contributed by atoms with E-state index in [0.717, 1.165) is 42.2 Å². The predicted octanol–water partition coefficient (Wildman–Crippen LogP) is 3.69. The van der Waals surface area contributed by atoms with Crippen LogP contribution in [0.25, 0.3) is 11.2 Å². The fourth-order valence-corrected chi connectivity index (χ4v) is 2.87. The maximum absolute atomic E-state index is 5.78. The van der Waals surface area contributed by atoms with Gasteiger partial charge in [-0.05, 0) is 33.5 Å². The molecule has 8 heteroatoms. The number of nitrogens with zero attached hydrogens (tertiary/aromatic N) is 6. The van der Waals surface area contributed by atoms with Crippen LogP contribution in [0.5, 0.6) is 5.88 Å². The van der Waals surface area contributed by atoms with E-state index in [0.29, 0.717) is 18.3 Å². The molecule has 158 valence electrons. The summed E-state index contributed by atoms with van der Waals surface area (Å²) < 4.78 is 7.78. The summed E-state index contributed by atoms with van der Waals surface area (Å²) in [4.78, 5) is 19.9. The van der Waals surface area contributed by atoms with Crippen molar-refractivity contribution in [1.82, 2.24) is 24.3 Å². The van der Waals surface area contributed by atoms with E-state index in [1.807, 2.05) is 55.1 Å². The molecule has 0 aliphatic rings. The van der Waals surface area contributed by atoms with Crippen molar-refractivity contribution in [3.63, 3.8) is 0 Å². The van der Waals surface area contributed by atoms with Crippen molar-refractivity contribution >= 4 is 28.9 Å². The lowest BCUT2D eigenvalue weighted by Crippen LogP contribution is -2.23. The van der Waals surface area contributed by atoms with Crippen LogP contribution in [0.2, 0.25) is 0 Å². The van der Waals surface area contributed by atoms with E-state index in [2.05, 4.69) is 44.1 Å². The van der Waals surface area contributed by atoms with E-state index < -0.39 is 0 Å². The van der Waals surface area contributed by atoms with Gasteiger partial charge in [-0.25, -0.2) is 15.0 Å². The molecule has 0 radical (unpaired) electrons. The van der Waals surface area contributed by atoms with Gasteiger partial charge in [0.25, 0.3) is 0 Å². The number of ether oxygens (including phenoxy) is 1. The standard InChI is InChI=1S/C22H29N7O/c1-5-17(15-23-6-2)19-16-26-22-21(25-10-11-29(19)22)27-18-8-9-24-20(14-18)30-13-12-28(4)7-3/h5,8-11,14-16H,6-7,12-13H2,1-4H3,(H,24,25,27)/b17-5+,23-15?. The molecule has 0 atom stereocenters. The number of anilines is 2. The molecule has 3 aromatic rings. The number of rotatable bonds is 10. The lowest BCUT2D eigenvalue weighted by molar-refractivity contribution is 0.237. The highest BCUT2D eigenvalue weighted by Gasteiger charge is 2.11. The lowest BCUT2D eigenvalue weighted by Gasteiger charge is -2.14. The predicted molar refractivity (Wildman–Crippen MR) is 122 cm³/mol. The molecule has 0 aliphatic carbocycles. The van der Waals surface area contributed by atoms with Gasteiger partial charge in [0.15, 0.2) is 11.5 Å². The third-order valence-corrected chi connectivity index (χ3v) is 4.71. The minimum Gasteiger partial charge on any atom is -0.476 e. The van der Waals surface area contributed by atoms with Crippen molar-refractivity contribution in [2.75, 3.05) is 38.6 Å². The molecule has 0 unspecified atom stereocenters. The first-order valence-corrected chi connectivity index (χ1v) is 10.2. The number of allylic oxidation sites excluding steroid dienone is 2. The lowest BCUT2D eigenvalue weighted by atomic mass is 10.2. The van der Waals surface area contributed by atoms with Crippen molar-refractivity contribution in [2.45, 2.75) is 20.8 Å². The average molecular weight is 408 g/mol. The number of nitrogens with one attached hydrogen (secondary N) is 1. The molecule has 0 bridgehead atoms. The zero-order valence-corrected chi connectivity index (χ0v) is 18.0. The summed E-state index contributed by atoms with van der Waals surface area (Å²) >= 11 is 0. The summed E-state index contributed by atoms with van der Waals surface area (Å²) in [6.45, 7) is 9.29. The molecule has 3 aromatic heterocycles. The molecule has 0 aromatic carbocycles. The van der Waals surface area contributed by atoms with Crippen molar-refractivity contribution < 1.29 is 4.74 Å². The average Bonchev–Trinajstić information content (AvgIpc) is 3.20. The fourth-order valence-electron chi connectivity index (χ4n) is 2.87. The molecule has 0 saturated heterocycles. The van der Waals surface area contributed by atoms with E-state index in [4.69, 9.17) is 4.74 Å². The van der Waals surface area contributed by atoms with Crippen molar-refractivity contribution in [3.8, 4) is 5.88 Å². The van der Waals surface area contributed by atoms with Gasteiger partial charge in [0.2, 0.25) is 5.88 Å². The molecule has 8 nitrogen and oxygen atoms in total. The smallest absolute Gasteiger partial charge is 0.215 e. The van der Waals surface area contributed by atoms with Crippen molar-refractivity contribution in [3.05, 3.63) is 48.7 Å². The number of aliphatic imine (C=N–C) groups is 1. The number of fused-ring (bicyclic) bond motifs is 1. The normalized spacial score (nSPS) is 12.2. The Bertz CT molecular complexity index is 1030. The van der Waals surface area contributed by atoms with Crippen molar-refractivity contribution in [2.24, 2.45) is 4.99 Å². The van der Waals surface area contributed by atoms with Crippen LogP contribution in [0.3, 0.4) is 0 Å².